The molecule has 1 heterocycles. The fraction of sp³-hybridized carbons (Fsp3) is 0.805. The van der Waals surface area contributed by atoms with Gasteiger partial charge in [0.25, 0.3) is 0 Å². The van der Waals surface area contributed by atoms with Gasteiger partial charge in [-0.05, 0) is 84.1 Å². The van der Waals surface area contributed by atoms with E-state index in [4.69, 9.17) is 9.47 Å². The van der Waals surface area contributed by atoms with E-state index in [0.717, 1.165) is 39.1 Å². The molecule has 2 atom stereocenters. The molecule has 256 valence electrons. The number of allylic oxidation sites excluding steroid dienone is 8. The van der Waals surface area contributed by atoms with Gasteiger partial charge in [-0.3, -0.25) is 0 Å². The van der Waals surface area contributed by atoms with Crippen LogP contribution in [0, 0.1) is 0 Å². The molecular weight excluding hydrogens is 538 g/mol. The molecule has 1 saturated heterocycles. The van der Waals surface area contributed by atoms with Gasteiger partial charge in [0.1, 0.15) is 0 Å². The number of likely N-dealkylation sites (tertiary alicyclic amines) is 1. The molecule has 0 bridgehead atoms. The highest BCUT2D eigenvalue weighted by Gasteiger charge is 2.32. The van der Waals surface area contributed by atoms with Crippen molar-refractivity contribution in [2.24, 2.45) is 0 Å². The first-order valence-corrected chi connectivity index (χ1v) is 19.3. The molecule has 0 aliphatic carbocycles. The molecule has 44 heavy (non-hydrogen) atoms. The van der Waals surface area contributed by atoms with Crippen molar-refractivity contribution in [1.82, 2.24) is 4.90 Å². The smallest absolute Gasteiger partial charge is 0.0975 e. The second-order valence-corrected chi connectivity index (χ2v) is 13.2. The third-order valence-electron chi connectivity index (χ3n) is 8.75. The lowest BCUT2D eigenvalue weighted by Gasteiger charge is -2.20. The summed E-state index contributed by atoms with van der Waals surface area (Å²) in [7, 11) is 2.20. The van der Waals surface area contributed by atoms with E-state index in [1.165, 1.54) is 141 Å². The summed E-state index contributed by atoms with van der Waals surface area (Å²) in [4.78, 5) is 2.37. The minimum absolute atomic E-state index is 0.252. The maximum absolute atomic E-state index is 6.30. The summed E-state index contributed by atoms with van der Waals surface area (Å²) >= 11 is 0. The van der Waals surface area contributed by atoms with Crippen LogP contribution in [0.15, 0.2) is 48.6 Å². The van der Waals surface area contributed by atoms with Gasteiger partial charge in [-0.15, -0.1) is 0 Å². The van der Waals surface area contributed by atoms with E-state index in [2.05, 4.69) is 74.4 Å². The fourth-order valence-electron chi connectivity index (χ4n) is 5.89. The molecule has 1 aliphatic rings. The standard InChI is InChI=1S/C41H75NO2/c1-4-6-8-10-12-14-16-18-20-22-24-26-28-30-32-34-36-43-40-38-42(3)39-41(40)44-37-35-33-31-29-27-25-23-21-19-17-15-13-11-9-7-5-2/h12-15,18-21,40-41H,4-11,16-17,22-39H2,1-3H3/t40-,41?/m1/s1. The Morgan fingerprint density at radius 2 is 0.750 bits per heavy atom. The summed E-state index contributed by atoms with van der Waals surface area (Å²) in [6, 6.07) is 0. The molecule has 3 heteroatoms. The molecule has 0 radical (unpaired) electrons. The largest absolute Gasteiger partial charge is 0.374 e. The van der Waals surface area contributed by atoms with Gasteiger partial charge in [-0.1, -0.05) is 140 Å². The Morgan fingerprint density at radius 1 is 0.432 bits per heavy atom. The Kier molecular flexibility index (Phi) is 30.8. The monoisotopic (exact) mass is 614 g/mol. The van der Waals surface area contributed by atoms with Crippen LogP contribution in [0.2, 0.25) is 0 Å². The van der Waals surface area contributed by atoms with E-state index >= 15 is 0 Å². The lowest BCUT2D eigenvalue weighted by Crippen LogP contribution is -2.30. The number of unbranched alkanes of at least 4 members (excludes halogenated alkanes) is 18. The average Bonchev–Trinajstić information content (AvgIpc) is 3.38. The molecule has 0 saturated carbocycles. The van der Waals surface area contributed by atoms with Crippen molar-refractivity contribution >= 4 is 0 Å². The maximum Gasteiger partial charge on any atom is 0.0975 e. The highest BCUT2D eigenvalue weighted by molar-refractivity contribution is 4.93. The molecule has 1 rings (SSSR count). The van der Waals surface area contributed by atoms with Crippen LogP contribution in [-0.2, 0) is 9.47 Å². The number of ether oxygens (including phenoxy) is 2. The Hall–Kier alpha value is -1.16. The van der Waals surface area contributed by atoms with E-state index in [-0.39, 0.29) is 12.2 Å². The van der Waals surface area contributed by atoms with Crippen molar-refractivity contribution in [1.29, 1.82) is 0 Å². The fourth-order valence-corrected chi connectivity index (χ4v) is 5.89. The minimum Gasteiger partial charge on any atom is -0.374 e. The number of rotatable bonds is 32. The molecule has 0 amide bonds. The Balaban J connectivity index is 1.90. The maximum atomic E-state index is 6.30. The predicted octanol–water partition coefficient (Wildman–Crippen LogP) is 12.3. The van der Waals surface area contributed by atoms with Gasteiger partial charge in [0.05, 0.1) is 12.2 Å². The molecule has 0 aromatic heterocycles. The lowest BCUT2D eigenvalue weighted by atomic mass is 10.1. The van der Waals surface area contributed by atoms with Crippen molar-refractivity contribution in [2.45, 2.75) is 180 Å². The Morgan fingerprint density at radius 3 is 1.11 bits per heavy atom. The van der Waals surface area contributed by atoms with Crippen LogP contribution in [0.4, 0.5) is 0 Å². The van der Waals surface area contributed by atoms with Gasteiger partial charge in [0.2, 0.25) is 0 Å². The summed E-state index contributed by atoms with van der Waals surface area (Å²) < 4.78 is 12.6. The third-order valence-corrected chi connectivity index (χ3v) is 8.75. The van der Waals surface area contributed by atoms with Crippen LogP contribution in [0.1, 0.15) is 168 Å². The van der Waals surface area contributed by atoms with Crippen LogP contribution < -0.4 is 0 Å². The van der Waals surface area contributed by atoms with Gasteiger partial charge in [-0.2, -0.15) is 0 Å². The zero-order valence-electron chi connectivity index (χ0n) is 29.8. The molecule has 0 aromatic carbocycles. The Labute approximate surface area is 276 Å². The zero-order valence-corrected chi connectivity index (χ0v) is 29.8. The van der Waals surface area contributed by atoms with Crippen LogP contribution in [0.5, 0.6) is 0 Å². The van der Waals surface area contributed by atoms with Crippen molar-refractivity contribution in [3.8, 4) is 0 Å². The number of nitrogens with zero attached hydrogens (tertiary/aromatic N) is 1. The van der Waals surface area contributed by atoms with Crippen molar-refractivity contribution in [3.05, 3.63) is 48.6 Å². The van der Waals surface area contributed by atoms with Crippen LogP contribution in [-0.4, -0.2) is 50.5 Å². The van der Waals surface area contributed by atoms with E-state index in [9.17, 15) is 0 Å². The number of hydrogen-bond donors (Lipinski definition) is 0. The molecule has 3 nitrogen and oxygen atoms in total. The van der Waals surface area contributed by atoms with Gasteiger partial charge in [0.15, 0.2) is 0 Å². The summed E-state index contributed by atoms with van der Waals surface area (Å²) in [5.41, 5.74) is 0. The molecule has 1 aliphatic heterocycles. The average molecular weight is 614 g/mol. The molecule has 0 aromatic rings. The molecule has 0 N–H and O–H groups in total. The van der Waals surface area contributed by atoms with Gasteiger partial charge in [0, 0.05) is 26.3 Å². The summed E-state index contributed by atoms with van der Waals surface area (Å²) in [5, 5.41) is 0. The van der Waals surface area contributed by atoms with Crippen molar-refractivity contribution in [2.75, 3.05) is 33.4 Å². The SMILES string of the molecule is CCCCCC=CCC=CCCCCCCCCOC1CN(C)C[C@H]1OCCCCCCCCC=CCC=CCCCCC. The molecule has 1 unspecified atom stereocenters. The third kappa shape index (κ3) is 27.2. The normalized spacial score (nSPS) is 18.0. The predicted molar refractivity (Wildman–Crippen MR) is 196 cm³/mol. The van der Waals surface area contributed by atoms with E-state index in [0.29, 0.717) is 0 Å². The van der Waals surface area contributed by atoms with E-state index < -0.39 is 0 Å². The first-order chi connectivity index (χ1) is 21.8. The first-order valence-electron chi connectivity index (χ1n) is 19.3. The minimum atomic E-state index is 0.252. The van der Waals surface area contributed by atoms with E-state index in [1.807, 2.05) is 0 Å². The number of likely N-dealkylation sites (N-methyl/N-ethyl adjacent to an activating group) is 1. The summed E-state index contributed by atoms with van der Waals surface area (Å²) in [6.45, 7) is 8.33. The van der Waals surface area contributed by atoms with Crippen LogP contribution >= 0.6 is 0 Å². The van der Waals surface area contributed by atoms with Gasteiger partial charge in [-0.25, -0.2) is 0 Å². The molecular formula is C41H75NO2. The summed E-state index contributed by atoms with van der Waals surface area (Å²) in [6.07, 6.45) is 50.2. The highest BCUT2D eigenvalue weighted by Crippen LogP contribution is 2.18. The zero-order chi connectivity index (χ0) is 31.6. The second-order valence-electron chi connectivity index (χ2n) is 13.2. The summed E-state index contributed by atoms with van der Waals surface area (Å²) in [5.74, 6) is 0. The Bertz CT molecular complexity index is 639. The van der Waals surface area contributed by atoms with E-state index in [1.54, 1.807) is 0 Å². The first kappa shape index (κ1) is 40.9. The number of hydrogen-bond acceptors (Lipinski definition) is 3. The lowest BCUT2D eigenvalue weighted by molar-refractivity contribution is -0.0481. The van der Waals surface area contributed by atoms with Gasteiger partial charge < -0.3 is 14.4 Å². The van der Waals surface area contributed by atoms with Crippen LogP contribution in [0.25, 0.3) is 0 Å². The molecule has 1 fully saturated rings. The molecule has 0 spiro atoms. The highest BCUT2D eigenvalue weighted by atomic mass is 16.5. The quantitative estimate of drug-likeness (QED) is 0.0556. The van der Waals surface area contributed by atoms with Crippen molar-refractivity contribution < 1.29 is 9.47 Å². The topological polar surface area (TPSA) is 21.7 Å². The van der Waals surface area contributed by atoms with Crippen LogP contribution in [0.3, 0.4) is 0 Å². The second kappa shape index (κ2) is 33.2. The van der Waals surface area contributed by atoms with Crippen molar-refractivity contribution in [3.63, 3.8) is 0 Å². The van der Waals surface area contributed by atoms with Gasteiger partial charge >= 0.3 is 0 Å².